The molecule has 1 heterocycles. The summed E-state index contributed by atoms with van der Waals surface area (Å²) in [5.41, 5.74) is 1.16. The highest BCUT2D eigenvalue weighted by Gasteiger charge is 2.28. The van der Waals surface area contributed by atoms with Crippen LogP contribution in [0.25, 0.3) is 0 Å². The molecular formula is C12H18N2O. The second kappa shape index (κ2) is 5.24. The summed E-state index contributed by atoms with van der Waals surface area (Å²) in [6.45, 7) is 1.82. The molecule has 1 aliphatic carbocycles. The molecule has 3 heteroatoms. The highest BCUT2D eigenvalue weighted by atomic mass is 16.5. The van der Waals surface area contributed by atoms with Crippen LogP contribution >= 0.6 is 0 Å². The van der Waals surface area contributed by atoms with Gasteiger partial charge in [-0.1, -0.05) is 6.07 Å². The summed E-state index contributed by atoms with van der Waals surface area (Å²) < 4.78 is 5.77. The fourth-order valence-corrected chi connectivity index (χ4v) is 1.96. The van der Waals surface area contributed by atoms with E-state index in [1.54, 1.807) is 6.20 Å². The number of rotatable bonds is 5. The first-order chi connectivity index (χ1) is 7.38. The van der Waals surface area contributed by atoms with E-state index in [1.165, 1.54) is 12.8 Å². The molecule has 0 bridgehead atoms. The summed E-state index contributed by atoms with van der Waals surface area (Å²) in [6, 6.07) is 4.00. The van der Waals surface area contributed by atoms with Gasteiger partial charge >= 0.3 is 0 Å². The first kappa shape index (κ1) is 10.6. The zero-order chi connectivity index (χ0) is 10.5. The quantitative estimate of drug-likeness (QED) is 0.794. The number of hydrogen-bond donors (Lipinski definition) is 1. The van der Waals surface area contributed by atoms with Crippen molar-refractivity contribution in [3.8, 4) is 0 Å². The van der Waals surface area contributed by atoms with Crippen molar-refractivity contribution in [1.82, 2.24) is 10.3 Å². The summed E-state index contributed by atoms with van der Waals surface area (Å²) in [4.78, 5) is 4.06. The molecule has 15 heavy (non-hydrogen) atoms. The van der Waals surface area contributed by atoms with E-state index in [2.05, 4.69) is 16.4 Å². The van der Waals surface area contributed by atoms with Gasteiger partial charge < -0.3 is 10.1 Å². The van der Waals surface area contributed by atoms with Gasteiger partial charge in [0.05, 0.1) is 12.7 Å². The summed E-state index contributed by atoms with van der Waals surface area (Å²) in [5, 5.41) is 3.20. The van der Waals surface area contributed by atoms with Crippen LogP contribution in [-0.2, 0) is 11.3 Å². The Morgan fingerprint density at radius 2 is 2.40 bits per heavy atom. The lowest BCUT2D eigenvalue weighted by Gasteiger charge is -2.35. The van der Waals surface area contributed by atoms with Crippen LogP contribution in [0.4, 0.5) is 0 Å². The van der Waals surface area contributed by atoms with Crippen LogP contribution in [0.3, 0.4) is 0 Å². The zero-order valence-corrected chi connectivity index (χ0v) is 9.15. The van der Waals surface area contributed by atoms with E-state index in [4.69, 9.17) is 4.74 Å². The van der Waals surface area contributed by atoms with Crippen molar-refractivity contribution in [2.75, 3.05) is 13.6 Å². The largest absolute Gasteiger partial charge is 0.373 e. The fraction of sp³-hybridized carbons (Fsp3) is 0.583. The van der Waals surface area contributed by atoms with Crippen LogP contribution in [0.5, 0.6) is 0 Å². The minimum Gasteiger partial charge on any atom is -0.373 e. The Bertz CT molecular complexity index is 283. The first-order valence-electron chi connectivity index (χ1n) is 5.53. The molecule has 2 rings (SSSR count). The van der Waals surface area contributed by atoms with Crippen LogP contribution in [-0.4, -0.2) is 24.7 Å². The predicted molar refractivity (Wildman–Crippen MR) is 59.5 cm³/mol. The summed E-state index contributed by atoms with van der Waals surface area (Å²) in [6.07, 6.45) is 6.51. The minimum atomic E-state index is 0.462. The molecule has 0 saturated heterocycles. The van der Waals surface area contributed by atoms with Crippen LogP contribution in [0.2, 0.25) is 0 Å². The van der Waals surface area contributed by atoms with Crippen LogP contribution in [0.15, 0.2) is 24.5 Å². The Balaban J connectivity index is 1.64. The predicted octanol–water partition coefficient (Wildman–Crippen LogP) is 1.60. The van der Waals surface area contributed by atoms with E-state index >= 15 is 0 Å². The molecule has 1 aromatic rings. The molecule has 82 valence electrons. The van der Waals surface area contributed by atoms with Crippen molar-refractivity contribution in [3.63, 3.8) is 0 Å². The van der Waals surface area contributed by atoms with E-state index in [0.29, 0.717) is 12.7 Å². The number of nitrogens with zero attached hydrogens (tertiary/aromatic N) is 1. The number of ether oxygens (including phenoxy) is 1. The van der Waals surface area contributed by atoms with E-state index < -0.39 is 0 Å². The highest BCUT2D eigenvalue weighted by molar-refractivity contribution is 5.06. The molecule has 1 fully saturated rings. The Morgan fingerprint density at radius 1 is 1.53 bits per heavy atom. The number of hydrogen-bond acceptors (Lipinski definition) is 3. The summed E-state index contributed by atoms with van der Waals surface area (Å²) in [7, 11) is 2.00. The second-order valence-corrected chi connectivity index (χ2v) is 4.19. The van der Waals surface area contributed by atoms with Gasteiger partial charge in [0, 0.05) is 12.4 Å². The fourth-order valence-electron chi connectivity index (χ4n) is 1.96. The SMILES string of the molecule is CNCC1CC(OCc2cccnc2)C1. The van der Waals surface area contributed by atoms with E-state index in [9.17, 15) is 0 Å². The smallest absolute Gasteiger partial charge is 0.0735 e. The minimum absolute atomic E-state index is 0.462. The third kappa shape index (κ3) is 3.01. The maximum atomic E-state index is 5.77. The van der Waals surface area contributed by atoms with Crippen molar-refractivity contribution < 1.29 is 4.74 Å². The van der Waals surface area contributed by atoms with Gasteiger partial charge in [-0.05, 0) is 44.0 Å². The molecule has 0 aromatic carbocycles. The zero-order valence-electron chi connectivity index (χ0n) is 9.15. The molecule has 0 spiro atoms. The van der Waals surface area contributed by atoms with Gasteiger partial charge in [-0.3, -0.25) is 4.98 Å². The lowest BCUT2D eigenvalue weighted by Crippen LogP contribution is -2.36. The molecular weight excluding hydrogens is 188 g/mol. The Morgan fingerprint density at radius 3 is 3.07 bits per heavy atom. The van der Waals surface area contributed by atoms with Crippen LogP contribution in [0.1, 0.15) is 18.4 Å². The van der Waals surface area contributed by atoms with E-state index in [-0.39, 0.29) is 0 Å². The van der Waals surface area contributed by atoms with Crippen LogP contribution in [0, 0.1) is 5.92 Å². The summed E-state index contributed by atoms with van der Waals surface area (Å²) in [5.74, 6) is 0.814. The van der Waals surface area contributed by atoms with Gasteiger partial charge in [0.2, 0.25) is 0 Å². The Hall–Kier alpha value is -0.930. The van der Waals surface area contributed by atoms with Gasteiger partial charge in [-0.2, -0.15) is 0 Å². The Kier molecular flexibility index (Phi) is 3.69. The number of nitrogens with one attached hydrogen (secondary N) is 1. The molecule has 0 unspecified atom stereocenters. The topological polar surface area (TPSA) is 34.1 Å². The molecule has 0 atom stereocenters. The van der Waals surface area contributed by atoms with E-state index in [1.807, 2.05) is 19.3 Å². The number of aromatic nitrogens is 1. The van der Waals surface area contributed by atoms with E-state index in [0.717, 1.165) is 18.0 Å². The molecule has 1 aliphatic rings. The monoisotopic (exact) mass is 206 g/mol. The maximum Gasteiger partial charge on any atom is 0.0735 e. The lowest BCUT2D eigenvalue weighted by molar-refractivity contribution is -0.0392. The summed E-state index contributed by atoms with van der Waals surface area (Å²) >= 11 is 0. The normalized spacial score (nSPS) is 24.9. The van der Waals surface area contributed by atoms with Gasteiger partial charge in [-0.25, -0.2) is 0 Å². The molecule has 0 radical (unpaired) electrons. The van der Waals surface area contributed by atoms with Gasteiger partial charge in [-0.15, -0.1) is 0 Å². The average molecular weight is 206 g/mol. The molecule has 3 nitrogen and oxygen atoms in total. The molecule has 0 amide bonds. The average Bonchev–Trinajstić information content (AvgIpc) is 2.23. The maximum absolute atomic E-state index is 5.77. The third-order valence-electron chi connectivity index (χ3n) is 2.89. The second-order valence-electron chi connectivity index (χ2n) is 4.19. The van der Waals surface area contributed by atoms with Crippen molar-refractivity contribution in [1.29, 1.82) is 0 Å². The molecule has 0 aliphatic heterocycles. The standard InChI is InChI=1S/C12H18N2O/c1-13-7-11-5-12(6-11)15-9-10-3-2-4-14-8-10/h2-4,8,11-13H,5-7,9H2,1H3. The van der Waals surface area contributed by atoms with Gasteiger partial charge in [0.15, 0.2) is 0 Å². The lowest BCUT2D eigenvalue weighted by atomic mass is 9.82. The van der Waals surface area contributed by atoms with Gasteiger partial charge in [0.1, 0.15) is 0 Å². The first-order valence-corrected chi connectivity index (χ1v) is 5.53. The van der Waals surface area contributed by atoms with Crippen LogP contribution < -0.4 is 5.32 Å². The third-order valence-corrected chi connectivity index (χ3v) is 2.89. The van der Waals surface area contributed by atoms with Gasteiger partial charge in [0.25, 0.3) is 0 Å². The van der Waals surface area contributed by atoms with Crippen molar-refractivity contribution in [2.45, 2.75) is 25.6 Å². The molecule has 1 N–H and O–H groups in total. The van der Waals surface area contributed by atoms with Crippen molar-refractivity contribution in [2.24, 2.45) is 5.92 Å². The molecule has 1 saturated carbocycles. The van der Waals surface area contributed by atoms with Crippen molar-refractivity contribution in [3.05, 3.63) is 30.1 Å². The Labute approximate surface area is 90.9 Å². The highest BCUT2D eigenvalue weighted by Crippen LogP contribution is 2.29. The van der Waals surface area contributed by atoms with Crippen molar-refractivity contribution >= 4 is 0 Å². The number of pyridine rings is 1. The molecule has 1 aromatic heterocycles.